The average Bonchev–Trinajstić information content (AvgIpc) is 2.38. The molecule has 0 N–H and O–H groups in total. The Balaban J connectivity index is 2.22. The number of hydrogen-bond acceptors (Lipinski definition) is 2. The number of rotatable bonds is 4. The summed E-state index contributed by atoms with van der Waals surface area (Å²) in [6, 6.07) is 2.25. The zero-order valence-corrected chi connectivity index (χ0v) is 12.5. The van der Waals surface area contributed by atoms with Crippen LogP contribution in [0.4, 0.5) is 5.82 Å². The highest BCUT2D eigenvalue weighted by Gasteiger charge is 2.23. The third-order valence-corrected chi connectivity index (χ3v) is 4.06. The molecule has 2 nitrogen and oxygen atoms in total. The van der Waals surface area contributed by atoms with Gasteiger partial charge in [-0.2, -0.15) is 0 Å². The molecule has 18 heavy (non-hydrogen) atoms. The molecule has 0 aromatic carbocycles. The van der Waals surface area contributed by atoms with Crippen LogP contribution in [0.1, 0.15) is 32.1 Å². The predicted octanol–water partition coefficient (Wildman–Crippen LogP) is 4.77. The number of hydrogen-bond donors (Lipinski definition) is 0. The zero-order chi connectivity index (χ0) is 13.0. The summed E-state index contributed by atoms with van der Waals surface area (Å²) in [5, 5.41) is 1.18. The van der Waals surface area contributed by atoms with Crippen LogP contribution in [0.15, 0.2) is 12.3 Å². The first kappa shape index (κ1) is 14.2. The number of anilines is 1. The number of pyridine rings is 1. The first-order chi connectivity index (χ1) is 8.72. The van der Waals surface area contributed by atoms with Gasteiger partial charge in [-0.15, -0.1) is 11.6 Å². The molecule has 1 aromatic heterocycles. The third kappa shape index (κ3) is 3.43. The summed E-state index contributed by atoms with van der Waals surface area (Å²) in [7, 11) is 0. The summed E-state index contributed by atoms with van der Waals surface area (Å²) in [6.45, 7) is 0.778. The fourth-order valence-corrected chi connectivity index (χ4v) is 3.23. The molecule has 1 fully saturated rings. The first-order valence-electron chi connectivity index (χ1n) is 6.36. The van der Waals surface area contributed by atoms with Crippen molar-refractivity contribution in [2.24, 2.45) is 0 Å². The summed E-state index contributed by atoms with van der Waals surface area (Å²) < 4.78 is 0. The Labute approximate surface area is 123 Å². The molecule has 0 radical (unpaired) electrons. The third-order valence-electron chi connectivity index (χ3n) is 3.40. The molecule has 0 atom stereocenters. The van der Waals surface area contributed by atoms with E-state index < -0.39 is 0 Å². The Kier molecular flexibility index (Phi) is 5.40. The Morgan fingerprint density at radius 3 is 2.56 bits per heavy atom. The molecule has 1 aliphatic carbocycles. The van der Waals surface area contributed by atoms with E-state index in [-0.39, 0.29) is 0 Å². The van der Waals surface area contributed by atoms with Crippen LogP contribution in [-0.2, 0) is 0 Å². The van der Waals surface area contributed by atoms with Gasteiger partial charge >= 0.3 is 0 Å². The van der Waals surface area contributed by atoms with Crippen molar-refractivity contribution in [1.82, 2.24) is 4.98 Å². The maximum Gasteiger partial charge on any atom is 0.147 e. The van der Waals surface area contributed by atoms with E-state index >= 15 is 0 Å². The molecule has 1 aromatic rings. The Hall–Kier alpha value is -0.180. The standard InChI is InChI=1S/C13H17Cl3N2/c14-6-7-18(11-4-2-1-3-5-11)13-12(16)8-10(15)9-17-13/h8-9,11H,1-7H2. The van der Waals surface area contributed by atoms with Crippen LogP contribution in [0.5, 0.6) is 0 Å². The molecule has 0 amide bonds. The molecule has 1 heterocycles. The van der Waals surface area contributed by atoms with Gasteiger partial charge in [0.05, 0.1) is 10.0 Å². The van der Waals surface area contributed by atoms with Gasteiger partial charge in [-0.1, -0.05) is 42.5 Å². The highest BCUT2D eigenvalue weighted by molar-refractivity contribution is 6.36. The molecule has 5 heteroatoms. The first-order valence-corrected chi connectivity index (χ1v) is 7.65. The summed E-state index contributed by atoms with van der Waals surface area (Å²) in [5.41, 5.74) is 0. The molecule has 0 bridgehead atoms. The Morgan fingerprint density at radius 2 is 1.94 bits per heavy atom. The van der Waals surface area contributed by atoms with Gasteiger partial charge in [0, 0.05) is 24.7 Å². The van der Waals surface area contributed by atoms with Crippen molar-refractivity contribution in [3.8, 4) is 0 Å². The Morgan fingerprint density at radius 1 is 1.22 bits per heavy atom. The van der Waals surface area contributed by atoms with Gasteiger partial charge in [0.2, 0.25) is 0 Å². The van der Waals surface area contributed by atoms with E-state index in [1.807, 2.05) is 0 Å². The molecule has 0 spiro atoms. The van der Waals surface area contributed by atoms with Crippen LogP contribution in [-0.4, -0.2) is 23.5 Å². The Bertz CT molecular complexity index is 392. The van der Waals surface area contributed by atoms with Crippen molar-refractivity contribution in [3.63, 3.8) is 0 Å². The lowest BCUT2D eigenvalue weighted by Crippen LogP contribution is -2.39. The smallest absolute Gasteiger partial charge is 0.147 e. The SMILES string of the molecule is ClCCN(c1ncc(Cl)cc1Cl)C1CCCCC1. The maximum absolute atomic E-state index is 6.25. The molecule has 1 aliphatic rings. The van der Waals surface area contributed by atoms with E-state index in [0.717, 1.165) is 12.4 Å². The summed E-state index contributed by atoms with van der Waals surface area (Å²) in [5.74, 6) is 1.39. The monoisotopic (exact) mass is 306 g/mol. The molecular formula is C13H17Cl3N2. The van der Waals surface area contributed by atoms with Crippen molar-refractivity contribution in [2.75, 3.05) is 17.3 Å². The van der Waals surface area contributed by atoms with Crippen molar-refractivity contribution in [3.05, 3.63) is 22.3 Å². The lowest BCUT2D eigenvalue weighted by atomic mass is 9.94. The lowest BCUT2D eigenvalue weighted by Gasteiger charge is -2.35. The predicted molar refractivity (Wildman–Crippen MR) is 79.2 cm³/mol. The van der Waals surface area contributed by atoms with E-state index in [1.54, 1.807) is 12.3 Å². The van der Waals surface area contributed by atoms with Gasteiger partial charge < -0.3 is 4.90 Å². The van der Waals surface area contributed by atoms with E-state index in [2.05, 4.69) is 9.88 Å². The zero-order valence-electron chi connectivity index (χ0n) is 10.2. The lowest BCUT2D eigenvalue weighted by molar-refractivity contribution is 0.417. The summed E-state index contributed by atoms with van der Waals surface area (Å²) >= 11 is 18.1. The van der Waals surface area contributed by atoms with E-state index in [0.29, 0.717) is 22.0 Å². The second-order valence-corrected chi connectivity index (χ2v) is 5.85. The molecule has 100 valence electrons. The fraction of sp³-hybridized carbons (Fsp3) is 0.615. The molecule has 2 rings (SSSR count). The van der Waals surface area contributed by atoms with Gasteiger partial charge in [0.1, 0.15) is 5.82 Å². The van der Waals surface area contributed by atoms with Crippen molar-refractivity contribution in [2.45, 2.75) is 38.1 Å². The van der Waals surface area contributed by atoms with Crippen LogP contribution < -0.4 is 4.90 Å². The van der Waals surface area contributed by atoms with Crippen molar-refractivity contribution < 1.29 is 0 Å². The number of alkyl halides is 1. The maximum atomic E-state index is 6.25. The number of nitrogens with zero attached hydrogens (tertiary/aromatic N) is 2. The van der Waals surface area contributed by atoms with Crippen LogP contribution in [0.25, 0.3) is 0 Å². The van der Waals surface area contributed by atoms with Gasteiger partial charge in [0.25, 0.3) is 0 Å². The van der Waals surface area contributed by atoms with Crippen molar-refractivity contribution in [1.29, 1.82) is 0 Å². The molecular weight excluding hydrogens is 291 g/mol. The summed E-state index contributed by atoms with van der Waals surface area (Å²) in [4.78, 5) is 6.62. The number of aromatic nitrogens is 1. The van der Waals surface area contributed by atoms with Crippen LogP contribution in [0.3, 0.4) is 0 Å². The van der Waals surface area contributed by atoms with Crippen LogP contribution in [0, 0.1) is 0 Å². The van der Waals surface area contributed by atoms with Gasteiger partial charge in [-0.05, 0) is 18.9 Å². The highest BCUT2D eigenvalue weighted by atomic mass is 35.5. The van der Waals surface area contributed by atoms with Crippen LogP contribution >= 0.6 is 34.8 Å². The molecule has 0 saturated heterocycles. The minimum atomic E-state index is 0.503. The normalized spacial score (nSPS) is 16.8. The van der Waals surface area contributed by atoms with Gasteiger partial charge in [0.15, 0.2) is 0 Å². The molecule has 1 saturated carbocycles. The molecule has 0 aliphatic heterocycles. The minimum Gasteiger partial charge on any atom is -0.351 e. The van der Waals surface area contributed by atoms with E-state index in [4.69, 9.17) is 34.8 Å². The average molecular weight is 308 g/mol. The van der Waals surface area contributed by atoms with Gasteiger partial charge in [-0.3, -0.25) is 0 Å². The topological polar surface area (TPSA) is 16.1 Å². The fourth-order valence-electron chi connectivity index (χ4n) is 2.56. The minimum absolute atomic E-state index is 0.503. The molecule has 0 unspecified atom stereocenters. The number of halogens is 3. The van der Waals surface area contributed by atoms with E-state index in [9.17, 15) is 0 Å². The largest absolute Gasteiger partial charge is 0.351 e. The second-order valence-electron chi connectivity index (χ2n) is 4.63. The second kappa shape index (κ2) is 6.83. The van der Waals surface area contributed by atoms with Crippen molar-refractivity contribution >= 4 is 40.6 Å². The quantitative estimate of drug-likeness (QED) is 0.745. The van der Waals surface area contributed by atoms with Crippen LogP contribution in [0.2, 0.25) is 10.0 Å². The van der Waals surface area contributed by atoms with E-state index in [1.165, 1.54) is 32.1 Å². The van der Waals surface area contributed by atoms with Gasteiger partial charge in [-0.25, -0.2) is 4.98 Å². The summed E-state index contributed by atoms with van der Waals surface area (Å²) in [6.07, 6.45) is 7.90. The highest BCUT2D eigenvalue weighted by Crippen LogP contribution is 2.31.